The van der Waals surface area contributed by atoms with E-state index < -0.39 is 21.7 Å². The minimum absolute atomic E-state index is 0.0347. The van der Waals surface area contributed by atoms with Crippen molar-refractivity contribution < 1.29 is 22.3 Å². The average Bonchev–Trinajstić information content (AvgIpc) is 2.50. The van der Waals surface area contributed by atoms with Gasteiger partial charge in [-0.3, -0.25) is 4.79 Å². The van der Waals surface area contributed by atoms with Crippen molar-refractivity contribution in [2.75, 3.05) is 26.7 Å². The van der Waals surface area contributed by atoms with Crippen LogP contribution in [0.5, 0.6) is 5.75 Å². The summed E-state index contributed by atoms with van der Waals surface area (Å²) in [6.45, 7) is 5.69. The third kappa shape index (κ3) is 5.18. The highest BCUT2D eigenvalue weighted by Gasteiger charge is 2.28. The van der Waals surface area contributed by atoms with Crippen molar-refractivity contribution in [2.24, 2.45) is 5.92 Å². The van der Waals surface area contributed by atoms with Crippen molar-refractivity contribution >= 4 is 15.9 Å². The highest BCUT2D eigenvalue weighted by Crippen LogP contribution is 2.27. The number of rotatable bonds is 8. The lowest BCUT2D eigenvalue weighted by Gasteiger charge is -2.21. The van der Waals surface area contributed by atoms with Crippen molar-refractivity contribution in [2.45, 2.75) is 25.7 Å². The molecule has 0 saturated heterocycles. The molecule has 1 aromatic rings. The van der Waals surface area contributed by atoms with Crippen LogP contribution in [0.4, 0.5) is 4.39 Å². The Morgan fingerprint density at radius 3 is 2.57 bits per heavy atom. The maximum absolute atomic E-state index is 13.4. The summed E-state index contributed by atoms with van der Waals surface area (Å²) >= 11 is 0. The van der Waals surface area contributed by atoms with E-state index in [1.165, 1.54) is 13.2 Å². The normalized spacial score (nSPS) is 11.8. The lowest BCUT2D eigenvalue weighted by molar-refractivity contribution is -0.121. The number of hydrogen-bond acceptors (Lipinski definition) is 4. The zero-order valence-electron chi connectivity index (χ0n) is 13.8. The van der Waals surface area contributed by atoms with Crippen molar-refractivity contribution in [1.82, 2.24) is 9.62 Å². The zero-order chi connectivity index (χ0) is 17.6. The van der Waals surface area contributed by atoms with Crippen LogP contribution in [0.3, 0.4) is 0 Å². The minimum Gasteiger partial charge on any atom is -0.495 e. The van der Waals surface area contributed by atoms with Crippen LogP contribution in [-0.4, -0.2) is 45.4 Å². The number of ether oxygens (including phenoxy) is 1. The average molecular weight is 346 g/mol. The fourth-order valence-corrected chi connectivity index (χ4v) is 3.46. The lowest BCUT2D eigenvalue weighted by atomic mass is 10.2. The van der Waals surface area contributed by atoms with Crippen molar-refractivity contribution in [3.8, 4) is 5.75 Å². The maximum atomic E-state index is 13.4. The maximum Gasteiger partial charge on any atom is 0.247 e. The van der Waals surface area contributed by atoms with E-state index in [1.807, 2.05) is 13.8 Å². The molecule has 130 valence electrons. The first-order valence-corrected chi connectivity index (χ1v) is 8.76. The standard InChI is InChI=1S/C15H23FN2O4S/c1-5-18(10-15(19)17-9-11(2)3)23(20,21)14-8-12(16)6-7-13(14)22-4/h6-8,11H,5,9-10H2,1-4H3,(H,17,19). The molecule has 0 atom stereocenters. The van der Waals surface area contributed by atoms with Crippen molar-refractivity contribution in [3.05, 3.63) is 24.0 Å². The van der Waals surface area contributed by atoms with Crippen LogP contribution in [0.2, 0.25) is 0 Å². The highest BCUT2D eigenvalue weighted by molar-refractivity contribution is 7.89. The Hall–Kier alpha value is -1.67. The molecule has 1 aromatic carbocycles. The van der Waals surface area contributed by atoms with E-state index in [0.29, 0.717) is 6.54 Å². The number of nitrogens with zero attached hydrogens (tertiary/aromatic N) is 1. The first-order valence-electron chi connectivity index (χ1n) is 7.32. The number of hydrogen-bond donors (Lipinski definition) is 1. The fourth-order valence-electron chi connectivity index (χ4n) is 1.89. The van der Waals surface area contributed by atoms with Gasteiger partial charge in [0.1, 0.15) is 16.5 Å². The molecule has 1 amide bonds. The molecule has 0 heterocycles. The van der Waals surface area contributed by atoms with E-state index in [4.69, 9.17) is 4.74 Å². The summed E-state index contributed by atoms with van der Waals surface area (Å²) in [5.74, 6) is -0.800. The highest BCUT2D eigenvalue weighted by atomic mass is 32.2. The van der Waals surface area contributed by atoms with Crippen LogP contribution in [0.1, 0.15) is 20.8 Å². The molecule has 0 aliphatic carbocycles. The van der Waals surface area contributed by atoms with Crippen LogP contribution < -0.4 is 10.1 Å². The Kier molecular flexibility index (Phi) is 6.96. The molecule has 0 aliphatic rings. The summed E-state index contributed by atoms with van der Waals surface area (Å²) < 4.78 is 44.8. The Balaban J connectivity index is 3.04. The van der Waals surface area contributed by atoms with Gasteiger partial charge in [0.25, 0.3) is 0 Å². The summed E-state index contributed by atoms with van der Waals surface area (Å²) in [6.07, 6.45) is 0. The van der Waals surface area contributed by atoms with Gasteiger partial charge in [-0.1, -0.05) is 20.8 Å². The molecule has 0 fully saturated rings. The van der Waals surface area contributed by atoms with E-state index in [9.17, 15) is 17.6 Å². The second-order valence-electron chi connectivity index (χ2n) is 5.42. The molecular weight excluding hydrogens is 323 g/mol. The number of halogens is 1. The summed E-state index contributed by atoms with van der Waals surface area (Å²) in [7, 11) is -2.74. The van der Waals surface area contributed by atoms with E-state index in [-0.39, 0.29) is 29.7 Å². The number of methoxy groups -OCH3 is 1. The number of sulfonamides is 1. The molecule has 0 radical (unpaired) electrons. The van der Waals surface area contributed by atoms with Crippen LogP contribution >= 0.6 is 0 Å². The topological polar surface area (TPSA) is 75.7 Å². The van der Waals surface area contributed by atoms with Gasteiger partial charge in [0.2, 0.25) is 15.9 Å². The summed E-state index contributed by atoms with van der Waals surface area (Å²) in [4.78, 5) is 11.6. The third-order valence-electron chi connectivity index (χ3n) is 3.12. The first-order chi connectivity index (χ1) is 10.7. The predicted octanol–water partition coefficient (Wildman–Crippen LogP) is 1.62. The smallest absolute Gasteiger partial charge is 0.247 e. The summed E-state index contributed by atoms with van der Waals surface area (Å²) in [5, 5.41) is 2.66. The van der Waals surface area contributed by atoms with Crippen LogP contribution in [-0.2, 0) is 14.8 Å². The molecule has 0 unspecified atom stereocenters. The molecule has 0 aliphatic heterocycles. The van der Waals surface area contributed by atoms with Gasteiger partial charge in [0.15, 0.2) is 0 Å². The SMILES string of the molecule is CCN(CC(=O)NCC(C)C)S(=O)(=O)c1cc(F)ccc1OC. The van der Waals surface area contributed by atoms with Gasteiger partial charge in [-0.05, 0) is 24.1 Å². The predicted molar refractivity (Wildman–Crippen MR) is 85.2 cm³/mol. The monoisotopic (exact) mass is 346 g/mol. The Labute approximate surface area is 136 Å². The number of amides is 1. The fraction of sp³-hybridized carbons (Fsp3) is 0.533. The summed E-state index contributed by atoms with van der Waals surface area (Å²) in [6, 6.07) is 3.25. The van der Waals surface area contributed by atoms with Crippen molar-refractivity contribution in [3.63, 3.8) is 0 Å². The van der Waals surface area contributed by atoms with Gasteiger partial charge in [-0.15, -0.1) is 0 Å². The van der Waals surface area contributed by atoms with Gasteiger partial charge in [0, 0.05) is 13.1 Å². The van der Waals surface area contributed by atoms with E-state index in [0.717, 1.165) is 16.4 Å². The largest absolute Gasteiger partial charge is 0.495 e. The van der Waals surface area contributed by atoms with Crippen molar-refractivity contribution in [1.29, 1.82) is 0 Å². The van der Waals surface area contributed by atoms with Crippen LogP contribution in [0.25, 0.3) is 0 Å². The number of benzene rings is 1. The van der Waals surface area contributed by atoms with Gasteiger partial charge in [-0.2, -0.15) is 4.31 Å². The van der Waals surface area contributed by atoms with Crippen LogP contribution in [0, 0.1) is 11.7 Å². The number of carbonyl (C=O) groups excluding carboxylic acids is 1. The molecule has 1 rings (SSSR count). The minimum atomic E-state index is -4.04. The summed E-state index contributed by atoms with van der Waals surface area (Å²) in [5.41, 5.74) is 0. The van der Waals surface area contributed by atoms with Gasteiger partial charge >= 0.3 is 0 Å². The second-order valence-corrected chi connectivity index (χ2v) is 7.33. The number of likely N-dealkylation sites (N-methyl/N-ethyl adjacent to an activating group) is 1. The Bertz CT molecular complexity index is 647. The first kappa shape index (κ1) is 19.4. The van der Waals surface area contributed by atoms with Gasteiger partial charge in [-0.25, -0.2) is 12.8 Å². The molecule has 0 aromatic heterocycles. The van der Waals surface area contributed by atoms with Gasteiger partial charge in [0.05, 0.1) is 13.7 Å². The number of carbonyl (C=O) groups is 1. The molecular formula is C15H23FN2O4S. The lowest BCUT2D eigenvalue weighted by Crippen LogP contribution is -2.41. The Morgan fingerprint density at radius 2 is 2.04 bits per heavy atom. The zero-order valence-corrected chi connectivity index (χ0v) is 14.6. The molecule has 0 spiro atoms. The van der Waals surface area contributed by atoms with Crippen LogP contribution in [0.15, 0.2) is 23.1 Å². The van der Waals surface area contributed by atoms with E-state index >= 15 is 0 Å². The van der Waals surface area contributed by atoms with Gasteiger partial charge < -0.3 is 10.1 Å². The number of nitrogens with one attached hydrogen (secondary N) is 1. The second kappa shape index (κ2) is 8.26. The molecule has 0 bridgehead atoms. The Morgan fingerprint density at radius 1 is 1.39 bits per heavy atom. The molecule has 23 heavy (non-hydrogen) atoms. The quantitative estimate of drug-likeness (QED) is 0.776. The van der Waals surface area contributed by atoms with E-state index in [1.54, 1.807) is 6.92 Å². The molecule has 0 saturated carbocycles. The molecule has 8 heteroatoms. The third-order valence-corrected chi connectivity index (χ3v) is 5.07. The van der Waals surface area contributed by atoms with E-state index in [2.05, 4.69) is 5.32 Å². The molecule has 1 N–H and O–H groups in total. The molecule has 6 nitrogen and oxygen atoms in total.